The first kappa shape index (κ1) is 12.9. The van der Waals surface area contributed by atoms with Crippen LogP contribution < -0.4 is 0 Å². The lowest BCUT2D eigenvalue weighted by molar-refractivity contribution is -0.238. The Bertz CT molecular complexity index is 170. The van der Waals surface area contributed by atoms with Crippen LogP contribution in [0.15, 0.2) is 0 Å². The molecular weight excluding hydrogens is 198 g/mol. The Morgan fingerprint density at radius 3 is 2.08 bits per heavy atom. The molecule has 0 aliphatic carbocycles. The van der Waals surface area contributed by atoms with Crippen molar-refractivity contribution in [2.45, 2.75) is 32.5 Å². The summed E-state index contributed by atoms with van der Waals surface area (Å²) in [5, 5.41) is 0. The number of alkyl halides is 1. The van der Waals surface area contributed by atoms with E-state index in [1.807, 2.05) is 0 Å². The van der Waals surface area contributed by atoms with Gasteiger partial charge in [-0.05, 0) is 25.3 Å². The minimum absolute atomic E-state index is 0.222. The van der Waals surface area contributed by atoms with Gasteiger partial charge < -0.3 is 9.47 Å². The summed E-state index contributed by atoms with van der Waals surface area (Å²) in [6.45, 7) is 5.08. The van der Waals surface area contributed by atoms with Crippen LogP contribution >= 0.6 is 8.03 Å². The van der Waals surface area contributed by atoms with Gasteiger partial charge in [-0.1, -0.05) is 0 Å². The van der Waals surface area contributed by atoms with Crippen molar-refractivity contribution in [3.05, 3.63) is 0 Å². The van der Waals surface area contributed by atoms with Crippen molar-refractivity contribution >= 4 is 8.03 Å². The van der Waals surface area contributed by atoms with Crippen molar-refractivity contribution in [3.8, 4) is 0 Å². The van der Waals surface area contributed by atoms with E-state index in [0.717, 1.165) is 0 Å². The zero-order valence-electron chi connectivity index (χ0n) is 7.99. The molecule has 0 aliphatic heterocycles. The third kappa shape index (κ3) is 3.65. The second-order valence-corrected chi connectivity index (χ2v) is 3.58. The average molecular weight is 213 g/mol. The van der Waals surface area contributed by atoms with Gasteiger partial charge in [0.15, 0.2) is 0 Å². The van der Waals surface area contributed by atoms with Crippen molar-refractivity contribution in [1.29, 1.82) is 0 Å². The number of rotatable bonds is 6. The molecule has 0 saturated heterocycles. The molecule has 2 unspecified atom stereocenters. The summed E-state index contributed by atoms with van der Waals surface area (Å²) in [5.41, 5.74) is 0. The number of hydrogen-bond acceptors (Lipinski definition) is 3. The summed E-state index contributed by atoms with van der Waals surface area (Å²) in [7, 11) is -2.94. The molecule has 0 aromatic carbocycles. The first-order valence-electron chi connectivity index (χ1n) is 4.05. The van der Waals surface area contributed by atoms with Crippen molar-refractivity contribution in [1.82, 2.24) is 0 Å². The fourth-order valence-corrected chi connectivity index (χ4v) is 1.50. The smallest absolute Gasteiger partial charge is 0.344 e. The lowest BCUT2D eigenvalue weighted by Crippen LogP contribution is -2.40. The van der Waals surface area contributed by atoms with Gasteiger partial charge in [0.05, 0.1) is 0 Å². The van der Waals surface area contributed by atoms with Gasteiger partial charge in [-0.15, -0.1) is 0 Å². The van der Waals surface area contributed by atoms with Crippen LogP contribution in [0.5, 0.6) is 0 Å². The molecule has 0 radical (unpaired) electrons. The highest BCUT2D eigenvalue weighted by Crippen LogP contribution is 2.36. The molecule has 0 heterocycles. The van der Waals surface area contributed by atoms with Crippen LogP contribution in [0.4, 0.5) is 4.39 Å². The van der Waals surface area contributed by atoms with E-state index in [-0.39, 0.29) is 13.2 Å². The maximum atomic E-state index is 13.2. The Balaban J connectivity index is 4.45. The third-order valence-corrected chi connectivity index (χ3v) is 2.35. The summed E-state index contributed by atoms with van der Waals surface area (Å²) in [6, 6.07) is 0. The van der Waals surface area contributed by atoms with Crippen LogP contribution in [0.3, 0.4) is 0 Å². The number of ether oxygens (including phenoxy) is 2. The maximum absolute atomic E-state index is 13.2. The minimum Gasteiger partial charge on any atom is -0.344 e. The van der Waals surface area contributed by atoms with Crippen molar-refractivity contribution in [2.24, 2.45) is 0 Å². The van der Waals surface area contributed by atoms with Crippen LogP contribution in [0, 0.1) is 0 Å². The highest BCUT2D eigenvalue weighted by molar-refractivity contribution is 7.38. The first-order valence-corrected chi connectivity index (χ1v) is 5.33. The van der Waals surface area contributed by atoms with E-state index in [2.05, 4.69) is 0 Å². The Kier molecular flexibility index (Phi) is 5.56. The lowest BCUT2D eigenvalue weighted by atomic mass is 10.3. The minimum atomic E-state index is -2.94. The monoisotopic (exact) mass is 213 g/mol. The zero-order chi connectivity index (χ0) is 10.5. The fraction of sp³-hybridized carbons (Fsp3) is 1.00. The summed E-state index contributed by atoms with van der Waals surface area (Å²) in [6.07, 6.45) is 0. The highest BCUT2D eigenvalue weighted by Gasteiger charge is 2.50. The fourth-order valence-electron chi connectivity index (χ4n) is 0.953. The van der Waals surface area contributed by atoms with E-state index in [1.165, 1.54) is 6.92 Å². The van der Waals surface area contributed by atoms with Gasteiger partial charge in [-0.2, -0.15) is 9.28 Å². The number of halogens is 1. The SMILES string of the molecule is CCOC(C)(OCC)C(F)[P+](=O)O. The second kappa shape index (κ2) is 5.60. The molecule has 0 aromatic rings. The number of hydrogen-bond donors (Lipinski definition) is 1. The standard InChI is InChI=1S/C7H14FO4P/c1-4-11-7(3,12-5-2)6(8)13(9)10/h6H,4-5H2,1-3H3/p+1. The van der Waals surface area contributed by atoms with Gasteiger partial charge in [-0.3, -0.25) is 0 Å². The molecule has 0 bridgehead atoms. The molecule has 0 rings (SSSR count). The Hall–Kier alpha value is -0.0900. The van der Waals surface area contributed by atoms with Crippen LogP contribution in [0.1, 0.15) is 20.8 Å². The molecule has 0 aromatic heterocycles. The van der Waals surface area contributed by atoms with Gasteiger partial charge in [-0.25, -0.2) is 0 Å². The molecule has 0 saturated carbocycles. The van der Waals surface area contributed by atoms with E-state index >= 15 is 0 Å². The third-order valence-electron chi connectivity index (χ3n) is 1.49. The lowest BCUT2D eigenvalue weighted by Gasteiger charge is -2.25. The van der Waals surface area contributed by atoms with Crippen molar-refractivity contribution < 1.29 is 23.3 Å². The van der Waals surface area contributed by atoms with E-state index in [0.29, 0.717) is 0 Å². The van der Waals surface area contributed by atoms with E-state index < -0.39 is 19.7 Å². The quantitative estimate of drug-likeness (QED) is 0.540. The molecule has 0 amide bonds. The molecule has 4 nitrogen and oxygen atoms in total. The molecule has 78 valence electrons. The predicted octanol–water partition coefficient (Wildman–Crippen LogP) is 1.81. The molecule has 6 heteroatoms. The second-order valence-electron chi connectivity index (χ2n) is 2.52. The van der Waals surface area contributed by atoms with E-state index in [4.69, 9.17) is 14.4 Å². The van der Waals surface area contributed by atoms with E-state index in [1.54, 1.807) is 13.8 Å². The maximum Gasteiger partial charge on any atom is 0.548 e. The normalized spacial score (nSPS) is 15.6. The molecule has 2 atom stereocenters. The van der Waals surface area contributed by atoms with Crippen molar-refractivity contribution in [2.75, 3.05) is 13.2 Å². The summed E-state index contributed by atoms with van der Waals surface area (Å²) >= 11 is 0. The van der Waals surface area contributed by atoms with Crippen LogP contribution in [0.25, 0.3) is 0 Å². The van der Waals surface area contributed by atoms with Gasteiger partial charge in [0.1, 0.15) is 0 Å². The largest absolute Gasteiger partial charge is 0.548 e. The summed E-state index contributed by atoms with van der Waals surface area (Å²) in [5.74, 6) is -3.64. The highest BCUT2D eigenvalue weighted by atomic mass is 31.1. The average Bonchev–Trinajstić information content (AvgIpc) is 2.03. The van der Waals surface area contributed by atoms with Crippen molar-refractivity contribution in [3.63, 3.8) is 0 Å². The summed E-state index contributed by atoms with van der Waals surface area (Å²) < 4.78 is 33.6. The Morgan fingerprint density at radius 1 is 1.46 bits per heavy atom. The Morgan fingerprint density at radius 2 is 1.85 bits per heavy atom. The molecular formula is C7H15FO4P+. The van der Waals surface area contributed by atoms with Gasteiger partial charge in [0.25, 0.3) is 0 Å². The van der Waals surface area contributed by atoms with Crippen LogP contribution in [-0.4, -0.2) is 29.8 Å². The van der Waals surface area contributed by atoms with Crippen LogP contribution in [0.2, 0.25) is 0 Å². The molecule has 1 N–H and O–H groups in total. The molecule has 13 heavy (non-hydrogen) atoms. The Labute approximate surface area is 77.9 Å². The summed E-state index contributed by atoms with van der Waals surface area (Å²) in [4.78, 5) is 8.58. The van der Waals surface area contributed by atoms with Gasteiger partial charge in [0, 0.05) is 13.2 Å². The van der Waals surface area contributed by atoms with E-state index in [9.17, 15) is 8.96 Å². The molecule has 0 aliphatic rings. The van der Waals surface area contributed by atoms with Gasteiger partial charge >= 0.3 is 13.9 Å². The molecule has 0 fully saturated rings. The predicted molar refractivity (Wildman–Crippen MR) is 46.4 cm³/mol. The zero-order valence-corrected chi connectivity index (χ0v) is 8.88. The molecule has 0 spiro atoms. The van der Waals surface area contributed by atoms with Crippen LogP contribution in [-0.2, 0) is 14.0 Å². The first-order chi connectivity index (χ1) is 5.98. The topological polar surface area (TPSA) is 55.8 Å². The van der Waals surface area contributed by atoms with Gasteiger partial charge in [0.2, 0.25) is 5.79 Å².